The standard InChI is InChI=1S/C14H21NO3/c1-5-7-12(16)10-11-8-6-9-15(11)13(17)18-14(2,3)4/h11H,6,8-10H2,1-4H3/t11-/m0/s1. The topological polar surface area (TPSA) is 46.6 Å². The van der Waals surface area contributed by atoms with Crippen molar-refractivity contribution in [2.24, 2.45) is 0 Å². The van der Waals surface area contributed by atoms with Crippen LogP contribution in [-0.2, 0) is 9.53 Å². The van der Waals surface area contributed by atoms with Gasteiger partial charge in [0.1, 0.15) is 5.60 Å². The van der Waals surface area contributed by atoms with Gasteiger partial charge in [-0.3, -0.25) is 4.79 Å². The number of amides is 1. The van der Waals surface area contributed by atoms with E-state index in [2.05, 4.69) is 11.8 Å². The smallest absolute Gasteiger partial charge is 0.410 e. The number of ether oxygens (including phenoxy) is 1. The Hall–Kier alpha value is -1.50. The molecule has 0 radical (unpaired) electrons. The zero-order valence-corrected chi connectivity index (χ0v) is 11.6. The molecule has 0 aromatic carbocycles. The largest absolute Gasteiger partial charge is 0.444 e. The highest BCUT2D eigenvalue weighted by atomic mass is 16.6. The van der Waals surface area contributed by atoms with Gasteiger partial charge in [-0.25, -0.2) is 4.79 Å². The third-order valence-electron chi connectivity index (χ3n) is 2.69. The van der Waals surface area contributed by atoms with E-state index in [4.69, 9.17) is 4.74 Å². The van der Waals surface area contributed by atoms with Crippen molar-refractivity contribution in [3.8, 4) is 11.8 Å². The van der Waals surface area contributed by atoms with Crippen molar-refractivity contribution >= 4 is 11.9 Å². The molecule has 1 aliphatic heterocycles. The summed E-state index contributed by atoms with van der Waals surface area (Å²) < 4.78 is 5.33. The number of hydrogen-bond donors (Lipinski definition) is 0. The Morgan fingerprint density at radius 3 is 2.61 bits per heavy atom. The van der Waals surface area contributed by atoms with Crippen LogP contribution in [0.2, 0.25) is 0 Å². The third-order valence-corrected chi connectivity index (χ3v) is 2.69. The van der Waals surface area contributed by atoms with E-state index in [-0.39, 0.29) is 17.9 Å². The molecule has 4 heteroatoms. The number of ketones is 1. The van der Waals surface area contributed by atoms with E-state index in [1.807, 2.05) is 20.8 Å². The summed E-state index contributed by atoms with van der Waals surface area (Å²) in [6.45, 7) is 7.81. The summed E-state index contributed by atoms with van der Waals surface area (Å²) in [7, 11) is 0. The molecular formula is C14H21NO3. The average Bonchev–Trinajstić information content (AvgIpc) is 2.63. The van der Waals surface area contributed by atoms with Crippen LogP contribution in [0.5, 0.6) is 0 Å². The first-order valence-corrected chi connectivity index (χ1v) is 6.28. The van der Waals surface area contributed by atoms with Crippen molar-refractivity contribution in [1.82, 2.24) is 4.90 Å². The van der Waals surface area contributed by atoms with E-state index in [9.17, 15) is 9.59 Å². The quantitative estimate of drug-likeness (QED) is 0.559. The second-order valence-corrected chi connectivity index (χ2v) is 5.47. The Bertz CT molecular complexity index is 384. The summed E-state index contributed by atoms with van der Waals surface area (Å²) in [6.07, 6.45) is 1.73. The number of hydrogen-bond acceptors (Lipinski definition) is 3. The van der Waals surface area contributed by atoms with Crippen molar-refractivity contribution in [2.45, 2.75) is 58.6 Å². The van der Waals surface area contributed by atoms with Crippen molar-refractivity contribution in [3.05, 3.63) is 0 Å². The van der Waals surface area contributed by atoms with Crippen LogP contribution in [-0.4, -0.2) is 35.0 Å². The summed E-state index contributed by atoms with van der Waals surface area (Å²) in [5, 5.41) is 0. The molecular weight excluding hydrogens is 230 g/mol. The maximum atomic E-state index is 12.0. The van der Waals surface area contributed by atoms with E-state index < -0.39 is 5.60 Å². The zero-order valence-electron chi connectivity index (χ0n) is 11.6. The molecule has 18 heavy (non-hydrogen) atoms. The van der Waals surface area contributed by atoms with E-state index in [1.165, 1.54) is 0 Å². The van der Waals surface area contributed by atoms with Gasteiger partial charge in [0.05, 0.1) is 0 Å². The van der Waals surface area contributed by atoms with Crippen LogP contribution < -0.4 is 0 Å². The van der Waals surface area contributed by atoms with E-state index in [0.29, 0.717) is 13.0 Å². The highest BCUT2D eigenvalue weighted by Crippen LogP contribution is 2.23. The van der Waals surface area contributed by atoms with Crippen molar-refractivity contribution < 1.29 is 14.3 Å². The van der Waals surface area contributed by atoms with Gasteiger partial charge >= 0.3 is 6.09 Å². The molecule has 0 N–H and O–H groups in total. The molecule has 4 nitrogen and oxygen atoms in total. The molecule has 0 aromatic rings. The summed E-state index contributed by atoms with van der Waals surface area (Å²) in [4.78, 5) is 25.1. The first-order valence-electron chi connectivity index (χ1n) is 6.28. The van der Waals surface area contributed by atoms with Gasteiger partial charge in [-0.15, -0.1) is 0 Å². The second-order valence-electron chi connectivity index (χ2n) is 5.47. The lowest BCUT2D eigenvalue weighted by Gasteiger charge is -2.28. The molecule has 100 valence electrons. The van der Waals surface area contributed by atoms with Crippen molar-refractivity contribution in [3.63, 3.8) is 0 Å². The maximum Gasteiger partial charge on any atom is 0.410 e. The molecule has 1 amide bonds. The molecule has 0 saturated carbocycles. The predicted octanol–water partition coefficient (Wildman–Crippen LogP) is 2.37. The lowest BCUT2D eigenvalue weighted by molar-refractivity contribution is -0.114. The van der Waals surface area contributed by atoms with Crippen molar-refractivity contribution in [2.75, 3.05) is 6.54 Å². The molecule has 0 unspecified atom stereocenters. The summed E-state index contributed by atoms with van der Waals surface area (Å²) in [5.41, 5.74) is -0.503. The Morgan fingerprint density at radius 2 is 2.06 bits per heavy atom. The van der Waals surface area contributed by atoms with E-state index in [1.54, 1.807) is 11.8 Å². The van der Waals surface area contributed by atoms with E-state index in [0.717, 1.165) is 12.8 Å². The molecule has 1 atom stereocenters. The van der Waals surface area contributed by atoms with Gasteiger partial charge < -0.3 is 9.64 Å². The van der Waals surface area contributed by atoms with Gasteiger partial charge in [0, 0.05) is 19.0 Å². The Balaban J connectivity index is 2.61. The molecule has 1 saturated heterocycles. The van der Waals surface area contributed by atoms with Gasteiger partial charge in [-0.05, 0) is 46.5 Å². The normalized spacial score (nSPS) is 19.1. The van der Waals surface area contributed by atoms with Crippen molar-refractivity contribution in [1.29, 1.82) is 0 Å². The second kappa shape index (κ2) is 5.90. The minimum absolute atomic E-state index is 0.0619. The Labute approximate surface area is 109 Å². The molecule has 0 bridgehead atoms. The Kier molecular flexibility index (Phi) is 4.77. The van der Waals surface area contributed by atoms with Crippen LogP contribution in [0.1, 0.15) is 47.0 Å². The van der Waals surface area contributed by atoms with Crippen LogP contribution in [0.25, 0.3) is 0 Å². The number of carbonyl (C=O) groups is 2. The lowest BCUT2D eigenvalue weighted by Crippen LogP contribution is -2.40. The van der Waals surface area contributed by atoms with Gasteiger partial charge in [0.25, 0.3) is 0 Å². The highest BCUT2D eigenvalue weighted by Gasteiger charge is 2.32. The van der Waals surface area contributed by atoms with Gasteiger partial charge in [-0.2, -0.15) is 0 Å². The number of rotatable bonds is 2. The fraction of sp³-hybridized carbons (Fsp3) is 0.714. The fourth-order valence-electron chi connectivity index (χ4n) is 2.01. The molecule has 0 aromatic heterocycles. The van der Waals surface area contributed by atoms with Crippen LogP contribution in [0, 0.1) is 11.8 Å². The fourth-order valence-corrected chi connectivity index (χ4v) is 2.01. The van der Waals surface area contributed by atoms with Gasteiger partial charge in [0.15, 0.2) is 0 Å². The van der Waals surface area contributed by atoms with Crippen LogP contribution in [0.4, 0.5) is 4.79 Å². The third kappa shape index (κ3) is 4.40. The molecule has 1 fully saturated rings. The minimum atomic E-state index is -0.503. The summed E-state index contributed by atoms with van der Waals surface area (Å²) in [6, 6.07) is -0.0619. The molecule has 1 aliphatic rings. The minimum Gasteiger partial charge on any atom is -0.444 e. The SMILES string of the molecule is CC#CC(=O)C[C@@H]1CCCN1C(=O)OC(C)(C)C. The van der Waals surface area contributed by atoms with Crippen LogP contribution in [0.3, 0.4) is 0 Å². The first kappa shape index (κ1) is 14.6. The maximum absolute atomic E-state index is 12.0. The van der Waals surface area contributed by atoms with Crippen LogP contribution >= 0.6 is 0 Å². The molecule has 1 rings (SSSR count). The number of likely N-dealkylation sites (tertiary alicyclic amines) is 1. The molecule has 0 aliphatic carbocycles. The van der Waals surface area contributed by atoms with E-state index >= 15 is 0 Å². The summed E-state index contributed by atoms with van der Waals surface area (Å²) >= 11 is 0. The van der Waals surface area contributed by atoms with Gasteiger partial charge in [0.2, 0.25) is 5.78 Å². The predicted molar refractivity (Wildman–Crippen MR) is 69.0 cm³/mol. The van der Waals surface area contributed by atoms with Gasteiger partial charge in [-0.1, -0.05) is 5.92 Å². The lowest BCUT2D eigenvalue weighted by atomic mass is 10.1. The highest BCUT2D eigenvalue weighted by molar-refractivity contribution is 5.96. The molecule has 1 heterocycles. The monoisotopic (exact) mass is 251 g/mol. The zero-order chi connectivity index (χ0) is 13.8. The molecule has 0 spiro atoms. The number of Topliss-reactive ketones (excluding diaryl/α,β-unsaturated/α-hetero) is 1. The average molecular weight is 251 g/mol. The summed E-state index contributed by atoms with van der Waals surface area (Å²) in [5.74, 6) is 4.99. The number of nitrogens with zero attached hydrogens (tertiary/aromatic N) is 1. The number of carbonyl (C=O) groups excluding carboxylic acids is 2. The first-order chi connectivity index (χ1) is 8.33. The Morgan fingerprint density at radius 1 is 1.39 bits per heavy atom. The van der Waals surface area contributed by atoms with Crippen LogP contribution in [0.15, 0.2) is 0 Å².